The molecule has 7 heteroatoms. The summed E-state index contributed by atoms with van der Waals surface area (Å²) in [5.41, 5.74) is 5.80. The molecule has 0 aliphatic carbocycles. The first-order valence-electron chi connectivity index (χ1n) is 5.78. The Hall–Kier alpha value is -2.67. The number of rotatable bonds is 2. The fraction of sp³-hybridized carbons (Fsp3) is 0. The quantitative estimate of drug-likeness (QED) is 0.748. The first-order chi connectivity index (χ1) is 9.66. The van der Waals surface area contributed by atoms with Gasteiger partial charge in [-0.05, 0) is 12.1 Å². The predicted molar refractivity (Wildman–Crippen MR) is 78.1 cm³/mol. The molecule has 3 rings (SSSR count). The Bertz CT molecular complexity index is 838. The second-order valence-electron chi connectivity index (χ2n) is 4.05. The summed E-state index contributed by atoms with van der Waals surface area (Å²) in [7, 11) is 0. The summed E-state index contributed by atoms with van der Waals surface area (Å²) in [6, 6.07) is 8.59. The lowest BCUT2D eigenvalue weighted by molar-refractivity contribution is 0.102. The topological polar surface area (TPSA) is 89.5 Å². The number of nitrogens with zero attached hydrogens (tertiary/aromatic N) is 2. The van der Waals surface area contributed by atoms with Gasteiger partial charge in [0.15, 0.2) is 10.6 Å². The lowest BCUT2D eigenvalue weighted by atomic mass is 10.2. The third kappa shape index (κ3) is 2.04. The molecule has 20 heavy (non-hydrogen) atoms. The number of fused-ring (bicyclic) bond motifs is 1. The number of nitrogens with two attached hydrogens (primary N) is 1. The van der Waals surface area contributed by atoms with Gasteiger partial charge in [-0.25, -0.2) is 0 Å². The maximum atomic E-state index is 12.1. The number of thiazole rings is 1. The van der Waals surface area contributed by atoms with Crippen molar-refractivity contribution >= 4 is 33.7 Å². The van der Waals surface area contributed by atoms with Crippen molar-refractivity contribution in [3.05, 3.63) is 57.8 Å². The number of benzene rings is 1. The van der Waals surface area contributed by atoms with Crippen LogP contribution in [0.4, 0.5) is 11.5 Å². The first kappa shape index (κ1) is 12.4. The van der Waals surface area contributed by atoms with Gasteiger partial charge in [0.2, 0.25) is 0 Å². The van der Waals surface area contributed by atoms with Gasteiger partial charge in [-0.2, -0.15) is 4.98 Å². The van der Waals surface area contributed by atoms with Crippen molar-refractivity contribution in [3.8, 4) is 0 Å². The highest BCUT2D eigenvalue weighted by atomic mass is 32.1. The highest BCUT2D eigenvalue weighted by Gasteiger charge is 2.14. The number of amides is 1. The van der Waals surface area contributed by atoms with Crippen molar-refractivity contribution in [1.82, 2.24) is 9.38 Å². The maximum absolute atomic E-state index is 12.1. The van der Waals surface area contributed by atoms with Crippen LogP contribution < -0.4 is 16.6 Å². The summed E-state index contributed by atoms with van der Waals surface area (Å²) in [5, 5.41) is 4.29. The van der Waals surface area contributed by atoms with Crippen LogP contribution >= 0.6 is 11.3 Å². The van der Waals surface area contributed by atoms with Gasteiger partial charge in [-0.1, -0.05) is 18.2 Å². The molecule has 3 aromatic rings. The Morgan fingerprint density at radius 1 is 1.30 bits per heavy atom. The van der Waals surface area contributed by atoms with E-state index >= 15 is 0 Å². The molecule has 0 unspecified atom stereocenters. The zero-order valence-electron chi connectivity index (χ0n) is 10.2. The Balaban J connectivity index is 2.03. The van der Waals surface area contributed by atoms with Gasteiger partial charge in [-0.15, -0.1) is 11.3 Å². The van der Waals surface area contributed by atoms with E-state index < -0.39 is 11.5 Å². The van der Waals surface area contributed by atoms with E-state index in [4.69, 9.17) is 5.73 Å². The second kappa shape index (κ2) is 4.78. The van der Waals surface area contributed by atoms with Crippen molar-refractivity contribution in [3.63, 3.8) is 0 Å². The molecule has 0 aliphatic rings. The van der Waals surface area contributed by atoms with E-state index in [0.29, 0.717) is 10.5 Å². The van der Waals surface area contributed by atoms with Gasteiger partial charge in [0.25, 0.3) is 11.5 Å². The number of nitrogen functional groups attached to an aromatic ring is 1. The Kier molecular flexibility index (Phi) is 2.96. The number of carbonyl (C=O) groups excluding carboxylic acids is 1. The summed E-state index contributed by atoms with van der Waals surface area (Å²) >= 11 is 1.30. The normalized spacial score (nSPS) is 10.6. The van der Waals surface area contributed by atoms with Crippen LogP contribution in [-0.2, 0) is 0 Å². The summed E-state index contributed by atoms with van der Waals surface area (Å²) in [5.74, 6) is -0.225. The molecule has 0 atom stereocenters. The fourth-order valence-electron chi connectivity index (χ4n) is 1.80. The number of nitrogens with one attached hydrogen (secondary N) is 1. The third-order valence-corrected chi connectivity index (χ3v) is 3.55. The number of hydrogen-bond acceptors (Lipinski definition) is 5. The molecule has 1 aromatic carbocycles. The van der Waals surface area contributed by atoms with Crippen LogP contribution in [0.25, 0.3) is 4.96 Å². The van der Waals surface area contributed by atoms with Crippen molar-refractivity contribution < 1.29 is 4.79 Å². The molecule has 1 amide bonds. The Labute approximate surface area is 117 Å². The predicted octanol–water partition coefficient (Wildman–Crippen LogP) is 1.59. The van der Waals surface area contributed by atoms with E-state index in [1.54, 1.807) is 46.3 Å². The molecule has 0 bridgehead atoms. The maximum Gasteiger partial charge on any atom is 0.299 e. The first-order valence-corrected chi connectivity index (χ1v) is 6.66. The molecule has 0 saturated carbocycles. The molecule has 2 heterocycles. The molecule has 3 N–H and O–H groups in total. The van der Waals surface area contributed by atoms with Gasteiger partial charge >= 0.3 is 0 Å². The molecular formula is C13H10N4O2S. The van der Waals surface area contributed by atoms with E-state index in [-0.39, 0.29) is 11.5 Å². The number of anilines is 2. The van der Waals surface area contributed by atoms with E-state index in [1.807, 2.05) is 0 Å². The van der Waals surface area contributed by atoms with E-state index in [2.05, 4.69) is 10.3 Å². The van der Waals surface area contributed by atoms with Gasteiger partial charge in [0, 0.05) is 17.1 Å². The monoisotopic (exact) mass is 286 g/mol. The smallest absolute Gasteiger partial charge is 0.299 e. The standard InChI is InChI=1S/C13H10N4O2S/c14-10-9(12(19)16-13-17(10)6-7-20-13)15-11(18)8-4-2-1-3-5-8/h1-7H,14H2,(H,15,18). The van der Waals surface area contributed by atoms with Gasteiger partial charge in [0.1, 0.15) is 5.82 Å². The van der Waals surface area contributed by atoms with Crippen molar-refractivity contribution in [2.45, 2.75) is 0 Å². The van der Waals surface area contributed by atoms with Crippen LogP contribution in [0, 0.1) is 0 Å². The molecule has 0 aliphatic heterocycles. The average Bonchev–Trinajstić information content (AvgIpc) is 2.92. The molecule has 0 saturated heterocycles. The lowest BCUT2D eigenvalue weighted by Gasteiger charge is -2.08. The number of hydrogen-bond donors (Lipinski definition) is 2. The van der Waals surface area contributed by atoms with Crippen molar-refractivity contribution in [2.75, 3.05) is 11.1 Å². The lowest BCUT2D eigenvalue weighted by Crippen LogP contribution is -2.23. The van der Waals surface area contributed by atoms with Crippen LogP contribution in [0.5, 0.6) is 0 Å². The van der Waals surface area contributed by atoms with E-state index in [0.717, 1.165) is 0 Å². The SMILES string of the molecule is Nc1c(NC(=O)c2ccccc2)c(=O)nc2sccn12. The molecule has 0 fully saturated rings. The summed E-state index contributed by atoms with van der Waals surface area (Å²) in [4.78, 5) is 28.3. The molecule has 2 aromatic heterocycles. The van der Waals surface area contributed by atoms with Crippen LogP contribution in [0.1, 0.15) is 10.4 Å². The van der Waals surface area contributed by atoms with Gasteiger partial charge in [-0.3, -0.25) is 14.0 Å². The summed E-state index contributed by atoms with van der Waals surface area (Å²) < 4.78 is 1.56. The van der Waals surface area contributed by atoms with E-state index in [1.165, 1.54) is 11.3 Å². The minimum absolute atomic E-state index is 0.00486. The zero-order valence-corrected chi connectivity index (χ0v) is 11.1. The van der Waals surface area contributed by atoms with Crippen molar-refractivity contribution in [2.24, 2.45) is 0 Å². The summed E-state index contributed by atoms with van der Waals surface area (Å²) in [6.07, 6.45) is 1.69. The molecule has 100 valence electrons. The van der Waals surface area contributed by atoms with Gasteiger partial charge < -0.3 is 11.1 Å². The highest BCUT2D eigenvalue weighted by Crippen LogP contribution is 2.18. The third-order valence-electron chi connectivity index (χ3n) is 2.79. The zero-order chi connectivity index (χ0) is 14.1. The average molecular weight is 286 g/mol. The van der Waals surface area contributed by atoms with Crippen LogP contribution in [-0.4, -0.2) is 15.3 Å². The van der Waals surface area contributed by atoms with Crippen LogP contribution in [0.2, 0.25) is 0 Å². The van der Waals surface area contributed by atoms with Crippen LogP contribution in [0.3, 0.4) is 0 Å². The molecule has 6 nitrogen and oxygen atoms in total. The highest BCUT2D eigenvalue weighted by molar-refractivity contribution is 7.15. The second-order valence-corrected chi connectivity index (χ2v) is 4.93. The van der Waals surface area contributed by atoms with Crippen molar-refractivity contribution in [1.29, 1.82) is 0 Å². The summed E-state index contributed by atoms with van der Waals surface area (Å²) in [6.45, 7) is 0. The van der Waals surface area contributed by atoms with Gasteiger partial charge in [0.05, 0.1) is 0 Å². The fourth-order valence-corrected chi connectivity index (χ4v) is 2.51. The molecule has 0 radical (unpaired) electrons. The largest absolute Gasteiger partial charge is 0.383 e. The molecular weight excluding hydrogens is 276 g/mol. The van der Waals surface area contributed by atoms with Crippen LogP contribution in [0.15, 0.2) is 46.7 Å². The Morgan fingerprint density at radius 2 is 2.05 bits per heavy atom. The molecule has 0 spiro atoms. The number of aromatic nitrogens is 2. The Morgan fingerprint density at radius 3 is 2.80 bits per heavy atom. The number of carbonyl (C=O) groups is 1. The minimum Gasteiger partial charge on any atom is -0.383 e. The minimum atomic E-state index is -0.547. The van der Waals surface area contributed by atoms with E-state index in [9.17, 15) is 9.59 Å².